The number of amides is 2. The van der Waals surface area contributed by atoms with Crippen molar-refractivity contribution in [1.82, 2.24) is 4.90 Å². The number of anilines is 1. The van der Waals surface area contributed by atoms with Gasteiger partial charge in [-0.1, -0.05) is 26.0 Å². The lowest BCUT2D eigenvalue weighted by atomic mass is 9.81. The summed E-state index contributed by atoms with van der Waals surface area (Å²) in [6.07, 6.45) is 7.92. The van der Waals surface area contributed by atoms with Gasteiger partial charge in [0.1, 0.15) is 29.7 Å². The molecule has 1 aliphatic carbocycles. The third kappa shape index (κ3) is 7.28. The number of fused-ring (bicyclic) bond motifs is 2. The molecule has 0 atom stereocenters. The standard InChI is InChI=1S/C43H56N3O6/c1-40(2,3)51-38(47)46(39(48)52-41(4,5)6)37-27(17-23-35-42(7,8)31-25-29(49-13)19-21-33(31)44(35)11)15-16-28(37)18-24-36-43(9,10)32-26-30(50-14)20-22-34(32)45(36)12/h17-26H,15-16H2,1-14H3/q+1. The van der Waals surface area contributed by atoms with Crippen LogP contribution in [0.2, 0.25) is 0 Å². The highest BCUT2D eigenvalue weighted by atomic mass is 16.6. The molecule has 52 heavy (non-hydrogen) atoms. The topological polar surface area (TPSA) is 80.5 Å². The molecule has 9 nitrogen and oxygen atoms in total. The number of hydrogen-bond acceptors (Lipinski definition) is 7. The zero-order chi connectivity index (χ0) is 38.6. The molecule has 9 heteroatoms. The minimum atomic E-state index is -0.846. The Balaban J connectivity index is 1.67. The molecule has 3 aliphatic rings. The fourth-order valence-electron chi connectivity index (χ4n) is 7.44. The average molecular weight is 711 g/mol. The lowest BCUT2D eigenvalue weighted by Crippen LogP contribution is -2.43. The highest BCUT2D eigenvalue weighted by molar-refractivity contribution is 6.03. The molecule has 0 saturated heterocycles. The first-order valence-corrected chi connectivity index (χ1v) is 17.9. The van der Waals surface area contributed by atoms with Gasteiger partial charge < -0.3 is 23.8 Å². The van der Waals surface area contributed by atoms with E-state index in [-0.39, 0.29) is 10.8 Å². The molecule has 0 fully saturated rings. The van der Waals surface area contributed by atoms with E-state index in [1.165, 1.54) is 0 Å². The van der Waals surface area contributed by atoms with E-state index in [1.54, 1.807) is 55.8 Å². The summed E-state index contributed by atoms with van der Waals surface area (Å²) < 4.78 is 25.0. The van der Waals surface area contributed by atoms with E-state index in [0.29, 0.717) is 18.5 Å². The molecule has 0 aromatic heterocycles. The summed E-state index contributed by atoms with van der Waals surface area (Å²) in [4.78, 5) is 31.4. The summed E-state index contributed by atoms with van der Waals surface area (Å²) in [5.74, 6) is 1.61. The molecule has 0 saturated carbocycles. The number of nitrogens with zero attached hydrogens (tertiary/aromatic N) is 3. The van der Waals surface area contributed by atoms with Crippen molar-refractivity contribution in [3.8, 4) is 11.5 Å². The predicted octanol–water partition coefficient (Wildman–Crippen LogP) is 9.72. The number of hydrogen-bond donors (Lipinski definition) is 0. The van der Waals surface area contributed by atoms with Gasteiger partial charge in [-0.25, -0.2) is 9.59 Å². The molecule has 2 amide bonds. The van der Waals surface area contributed by atoms with E-state index in [4.69, 9.17) is 18.9 Å². The Morgan fingerprint density at radius 3 is 1.90 bits per heavy atom. The average Bonchev–Trinajstić information content (AvgIpc) is 3.58. The number of ether oxygens (including phenoxy) is 4. The molecule has 2 aromatic rings. The van der Waals surface area contributed by atoms with Crippen LogP contribution in [0, 0.1) is 0 Å². The first-order valence-electron chi connectivity index (χ1n) is 17.9. The van der Waals surface area contributed by atoms with E-state index < -0.39 is 23.4 Å². The van der Waals surface area contributed by atoms with E-state index in [9.17, 15) is 9.59 Å². The number of carbonyl (C=O) groups excluding carboxylic acids is 2. The Morgan fingerprint density at radius 1 is 0.788 bits per heavy atom. The zero-order valence-electron chi connectivity index (χ0n) is 33.5. The van der Waals surface area contributed by atoms with Gasteiger partial charge in [0.05, 0.1) is 25.3 Å². The molecule has 0 bridgehead atoms. The monoisotopic (exact) mass is 710 g/mol. The Morgan fingerprint density at radius 2 is 1.35 bits per heavy atom. The van der Waals surface area contributed by atoms with Crippen LogP contribution >= 0.6 is 0 Å². The predicted molar refractivity (Wildman–Crippen MR) is 207 cm³/mol. The number of allylic oxidation sites excluding steroid dienone is 7. The molecule has 5 rings (SSSR count). The third-order valence-corrected chi connectivity index (χ3v) is 10.0. The van der Waals surface area contributed by atoms with Crippen LogP contribution in [0.3, 0.4) is 0 Å². The number of carbonyl (C=O) groups is 2. The minimum absolute atomic E-state index is 0.329. The van der Waals surface area contributed by atoms with Crippen molar-refractivity contribution in [2.24, 2.45) is 0 Å². The molecular weight excluding hydrogens is 654 g/mol. The maximum absolute atomic E-state index is 14.1. The van der Waals surface area contributed by atoms with Gasteiger partial charge >= 0.3 is 12.2 Å². The number of benzene rings is 2. The summed E-state index contributed by atoms with van der Waals surface area (Å²) in [7, 11) is 7.47. The van der Waals surface area contributed by atoms with Crippen molar-refractivity contribution >= 4 is 29.3 Å². The van der Waals surface area contributed by atoms with E-state index in [2.05, 4.69) is 87.7 Å². The van der Waals surface area contributed by atoms with Gasteiger partial charge in [0.2, 0.25) is 5.69 Å². The lowest BCUT2D eigenvalue weighted by Gasteiger charge is -2.30. The van der Waals surface area contributed by atoms with Crippen LogP contribution in [-0.2, 0) is 20.3 Å². The Hall–Kier alpha value is -4.79. The summed E-state index contributed by atoms with van der Waals surface area (Å²) in [6, 6.07) is 12.3. The number of rotatable bonds is 6. The molecule has 0 spiro atoms. The van der Waals surface area contributed by atoms with Crippen LogP contribution in [0.25, 0.3) is 0 Å². The fraction of sp³-hybridized carbons (Fsp3) is 0.465. The normalized spacial score (nSPS) is 19.5. The van der Waals surface area contributed by atoms with E-state index in [1.807, 2.05) is 24.3 Å². The molecule has 0 radical (unpaired) electrons. The second-order valence-electron chi connectivity index (χ2n) is 16.8. The summed E-state index contributed by atoms with van der Waals surface area (Å²) >= 11 is 0. The fourth-order valence-corrected chi connectivity index (χ4v) is 7.44. The smallest absolute Gasteiger partial charge is 0.424 e. The second kappa shape index (κ2) is 13.6. The van der Waals surface area contributed by atoms with Gasteiger partial charge in [0.25, 0.3) is 0 Å². The Bertz CT molecular complexity index is 1920. The maximum atomic E-state index is 14.1. The van der Waals surface area contributed by atoms with E-state index >= 15 is 0 Å². The first-order chi connectivity index (χ1) is 24.1. The summed E-state index contributed by atoms with van der Waals surface area (Å²) in [5.41, 5.74) is 6.46. The molecule has 0 unspecified atom stereocenters. The molecule has 0 N–H and O–H groups in total. The molecule has 2 aromatic carbocycles. The molecular formula is C43H56N3O6+. The zero-order valence-corrected chi connectivity index (χ0v) is 33.5. The van der Waals surface area contributed by atoms with Crippen molar-refractivity contribution < 1.29 is 33.1 Å². The van der Waals surface area contributed by atoms with Crippen LogP contribution in [0.4, 0.5) is 21.0 Å². The van der Waals surface area contributed by atoms with Gasteiger partial charge in [-0.2, -0.15) is 9.48 Å². The van der Waals surface area contributed by atoms with Crippen LogP contribution in [0.5, 0.6) is 11.5 Å². The quantitative estimate of drug-likeness (QED) is 0.276. The Kier molecular flexibility index (Phi) is 10.1. The van der Waals surface area contributed by atoms with Crippen molar-refractivity contribution in [3.05, 3.63) is 94.4 Å². The van der Waals surface area contributed by atoms with Crippen molar-refractivity contribution in [2.75, 3.05) is 33.2 Å². The van der Waals surface area contributed by atoms with Crippen LogP contribution in [0.15, 0.2) is 83.2 Å². The summed E-state index contributed by atoms with van der Waals surface area (Å²) in [6.45, 7) is 19.5. The summed E-state index contributed by atoms with van der Waals surface area (Å²) in [5, 5.41) is 0. The highest BCUT2D eigenvalue weighted by Gasteiger charge is 2.44. The van der Waals surface area contributed by atoms with Gasteiger partial charge in [-0.15, -0.1) is 0 Å². The first kappa shape index (κ1) is 38.4. The van der Waals surface area contributed by atoms with Crippen molar-refractivity contribution in [1.29, 1.82) is 0 Å². The Labute approximate surface area is 309 Å². The maximum Gasteiger partial charge on any atom is 0.424 e. The molecule has 2 aliphatic heterocycles. The molecule has 278 valence electrons. The highest BCUT2D eigenvalue weighted by Crippen LogP contribution is 2.49. The minimum Gasteiger partial charge on any atom is -0.497 e. The van der Waals surface area contributed by atoms with Crippen LogP contribution < -0.4 is 14.4 Å². The van der Waals surface area contributed by atoms with E-state index in [0.717, 1.165) is 61.5 Å². The lowest BCUT2D eigenvalue weighted by molar-refractivity contribution is -0.401. The third-order valence-electron chi connectivity index (χ3n) is 10.0. The van der Waals surface area contributed by atoms with Crippen molar-refractivity contribution in [3.63, 3.8) is 0 Å². The number of imide groups is 1. The number of likely N-dealkylation sites (N-methyl/N-ethyl adjacent to an activating group) is 1. The second-order valence-corrected chi connectivity index (χ2v) is 16.8. The van der Waals surface area contributed by atoms with Gasteiger partial charge in [-0.05, 0) is 121 Å². The SMILES string of the molecule is COc1ccc2c(c1)C(C)(C)C(/C=C/C1=C(N(C(=O)OC(C)(C)C)C(=O)OC(C)(C)C)C(=C/C=C3/N(C)c4ccc(OC)cc4C3(C)C)/CC1)=[N+]2C. The van der Waals surface area contributed by atoms with Gasteiger partial charge in [-0.3, -0.25) is 0 Å². The number of methoxy groups -OCH3 is 2. The van der Waals surface area contributed by atoms with Gasteiger partial charge in [0.15, 0.2) is 5.71 Å². The van der Waals surface area contributed by atoms with Crippen LogP contribution in [0.1, 0.15) is 93.2 Å². The molecule has 2 heterocycles. The van der Waals surface area contributed by atoms with Crippen LogP contribution in [-0.4, -0.2) is 66.9 Å². The van der Waals surface area contributed by atoms with Gasteiger partial charge in [0, 0.05) is 41.6 Å². The van der Waals surface area contributed by atoms with Crippen molar-refractivity contribution in [2.45, 2.75) is 104 Å². The largest absolute Gasteiger partial charge is 0.497 e.